The molecule has 2 rings (SSSR count). The van der Waals surface area contributed by atoms with E-state index >= 15 is 0 Å². The predicted octanol–water partition coefficient (Wildman–Crippen LogP) is 2.11. The van der Waals surface area contributed by atoms with E-state index < -0.39 is 0 Å². The van der Waals surface area contributed by atoms with E-state index in [2.05, 4.69) is 4.90 Å². The Morgan fingerprint density at radius 2 is 2.11 bits per heavy atom. The van der Waals surface area contributed by atoms with Crippen LogP contribution in [0.25, 0.3) is 0 Å². The topological polar surface area (TPSA) is 49.8 Å². The predicted molar refractivity (Wildman–Crippen MR) is 75.0 cm³/mol. The molecular weight excluding hydrogens is 242 g/mol. The molecule has 1 aromatic rings. The fourth-order valence-corrected chi connectivity index (χ4v) is 2.55. The summed E-state index contributed by atoms with van der Waals surface area (Å²) in [6.07, 6.45) is 1.93. The third-order valence-corrected chi connectivity index (χ3v) is 3.80. The molecule has 4 nitrogen and oxygen atoms in total. The fraction of sp³-hybridized carbons (Fsp3) is 0.533. The van der Waals surface area contributed by atoms with Crippen LogP contribution in [0, 0.1) is 5.92 Å². The van der Waals surface area contributed by atoms with Crippen molar-refractivity contribution in [2.24, 2.45) is 5.92 Å². The van der Waals surface area contributed by atoms with Crippen LogP contribution in [0.5, 0.6) is 5.75 Å². The number of benzene rings is 1. The molecule has 0 spiro atoms. The van der Waals surface area contributed by atoms with Crippen molar-refractivity contribution in [2.75, 3.05) is 31.7 Å². The first-order valence-electron chi connectivity index (χ1n) is 6.70. The number of piperidine rings is 1. The molecule has 104 valence electrons. The normalized spacial score (nSPS) is 16.5. The molecule has 0 radical (unpaired) electrons. The lowest BCUT2D eigenvalue weighted by Crippen LogP contribution is -2.35. The Hall–Kier alpha value is -1.55. The molecule has 1 aliphatic heterocycles. The van der Waals surface area contributed by atoms with E-state index in [1.54, 1.807) is 14.0 Å². The van der Waals surface area contributed by atoms with Crippen molar-refractivity contribution < 1.29 is 14.6 Å². The van der Waals surface area contributed by atoms with Gasteiger partial charge in [0.05, 0.1) is 12.8 Å². The van der Waals surface area contributed by atoms with Crippen molar-refractivity contribution in [3.05, 3.63) is 23.8 Å². The molecule has 0 saturated carbocycles. The van der Waals surface area contributed by atoms with Crippen LogP contribution in [0.4, 0.5) is 5.69 Å². The Morgan fingerprint density at radius 3 is 2.63 bits per heavy atom. The molecule has 0 aliphatic carbocycles. The van der Waals surface area contributed by atoms with Gasteiger partial charge in [-0.2, -0.15) is 0 Å². The minimum atomic E-state index is 0.0712. The van der Waals surface area contributed by atoms with Crippen molar-refractivity contribution in [1.82, 2.24) is 0 Å². The molecule has 0 atom stereocenters. The Labute approximate surface area is 114 Å². The van der Waals surface area contributed by atoms with E-state index in [0.717, 1.165) is 42.9 Å². The van der Waals surface area contributed by atoms with Gasteiger partial charge in [0.1, 0.15) is 5.75 Å². The third kappa shape index (κ3) is 3.07. The monoisotopic (exact) mass is 263 g/mol. The van der Waals surface area contributed by atoms with Gasteiger partial charge in [-0.05, 0) is 37.8 Å². The summed E-state index contributed by atoms with van der Waals surface area (Å²) in [7, 11) is 1.63. The SMILES string of the molecule is COc1ccc(C(C)=O)c(N2CCC(CO)CC2)c1. The molecule has 1 aromatic carbocycles. The van der Waals surface area contributed by atoms with Gasteiger partial charge in [0, 0.05) is 31.3 Å². The number of Topliss-reactive ketones (excluding diaryl/α,β-unsaturated/α-hetero) is 1. The summed E-state index contributed by atoms with van der Waals surface area (Å²) < 4.78 is 5.24. The Bertz CT molecular complexity index is 451. The second-order valence-electron chi connectivity index (χ2n) is 5.05. The van der Waals surface area contributed by atoms with Crippen molar-refractivity contribution in [3.8, 4) is 5.75 Å². The van der Waals surface area contributed by atoms with Crippen molar-refractivity contribution >= 4 is 11.5 Å². The number of ether oxygens (including phenoxy) is 1. The second kappa shape index (κ2) is 6.06. The van der Waals surface area contributed by atoms with Gasteiger partial charge in [-0.1, -0.05) is 0 Å². The Balaban J connectivity index is 2.24. The number of carbonyl (C=O) groups is 1. The zero-order valence-electron chi connectivity index (χ0n) is 11.6. The van der Waals surface area contributed by atoms with E-state index in [1.165, 1.54) is 0 Å². The van der Waals surface area contributed by atoms with Gasteiger partial charge in [-0.15, -0.1) is 0 Å². The smallest absolute Gasteiger partial charge is 0.161 e. The zero-order valence-corrected chi connectivity index (χ0v) is 11.6. The van der Waals surface area contributed by atoms with Crippen molar-refractivity contribution in [2.45, 2.75) is 19.8 Å². The van der Waals surface area contributed by atoms with Crippen LogP contribution in [-0.2, 0) is 0 Å². The lowest BCUT2D eigenvalue weighted by Gasteiger charge is -2.34. The number of rotatable bonds is 4. The van der Waals surface area contributed by atoms with Crippen LogP contribution < -0.4 is 9.64 Å². The maximum atomic E-state index is 11.7. The molecule has 19 heavy (non-hydrogen) atoms. The average Bonchev–Trinajstić information content (AvgIpc) is 2.46. The first-order valence-corrected chi connectivity index (χ1v) is 6.70. The summed E-state index contributed by atoms with van der Waals surface area (Å²) in [5, 5.41) is 9.18. The van der Waals surface area contributed by atoms with Crippen LogP contribution in [0.2, 0.25) is 0 Å². The van der Waals surface area contributed by atoms with Gasteiger partial charge >= 0.3 is 0 Å². The minimum Gasteiger partial charge on any atom is -0.497 e. The number of nitrogens with zero attached hydrogens (tertiary/aromatic N) is 1. The number of methoxy groups -OCH3 is 1. The van der Waals surface area contributed by atoms with Crippen molar-refractivity contribution in [1.29, 1.82) is 0 Å². The molecule has 0 bridgehead atoms. The highest BCUT2D eigenvalue weighted by Crippen LogP contribution is 2.30. The molecule has 4 heteroatoms. The van der Waals surface area contributed by atoms with Gasteiger partial charge in [0.15, 0.2) is 5.78 Å². The average molecular weight is 263 g/mol. The summed E-state index contributed by atoms with van der Waals surface area (Å²) in [5.74, 6) is 1.23. The fourth-order valence-electron chi connectivity index (χ4n) is 2.55. The van der Waals surface area contributed by atoms with Crippen LogP contribution in [0.1, 0.15) is 30.1 Å². The van der Waals surface area contributed by atoms with E-state index in [4.69, 9.17) is 4.74 Å². The molecule has 1 N–H and O–H groups in total. The molecule has 1 aliphatic rings. The number of carbonyl (C=O) groups excluding carboxylic acids is 1. The van der Waals surface area contributed by atoms with Crippen molar-refractivity contribution in [3.63, 3.8) is 0 Å². The molecular formula is C15H21NO3. The van der Waals surface area contributed by atoms with E-state index in [9.17, 15) is 9.90 Å². The molecule has 1 saturated heterocycles. The molecule has 0 unspecified atom stereocenters. The summed E-state index contributed by atoms with van der Waals surface area (Å²) in [5.41, 5.74) is 1.69. The van der Waals surface area contributed by atoms with Gasteiger partial charge in [0.25, 0.3) is 0 Å². The molecule has 0 amide bonds. The standard InChI is InChI=1S/C15H21NO3/c1-11(18)14-4-3-13(19-2)9-15(14)16-7-5-12(10-17)6-8-16/h3-4,9,12,17H,5-8,10H2,1-2H3. The first-order chi connectivity index (χ1) is 9.15. The number of aliphatic hydroxyl groups excluding tert-OH is 1. The second-order valence-corrected chi connectivity index (χ2v) is 5.05. The number of anilines is 1. The van der Waals surface area contributed by atoms with Crippen LogP contribution in [0.15, 0.2) is 18.2 Å². The summed E-state index contributed by atoms with van der Waals surface area (Å²) in [6, 6.07) is 5.57. The van der Waals surface area contributed by atoms with E-state index in [-0.39, 0.29) is 12.4 Å². The van der Waals surface area contributed by atoms with Crippen LogP contribution >= 0.6 is 0 Å². The highest BCUT2D eigenvalue weighted by molar-refractivity contribution is 6.00. The Kier molecular flexibility index (Phi) is 4.43. The zero-order chi connectivity index (χ0) is 13.8. The van der Waals surface area contributed by atoms with Gasteiger partial charge in [-0.3, -0.25) is 4.79 Å². The van der Waals surface area contributed by atoms with Gasteiger partial charge in [-0.25, -0.2) is 0 Å². The minimum absolute atomic E-state index is 0.0712. The molecule has 0 aromatic heterocycles. The highest BCUT2D eigenvalue weighted by atomic mass is 16.5. The lowest BCUT2D eigenvalue weighted by atomic mass is 9.96. The number of hydrogen-bond donors (Lipinski definition) is 1. The quantitative estimate of drug-likeness (QED) is 0.845. The first kappa shape index (κ1) is 13.9. The maximum absolute atomic E-state index is 11.7. The van der Waals surface area contributed by atoms with E-state index in [0.29, 0.717) is 5.92 Å². The summed E-state index contributed by atoms with van der Waals surface area (Å²) in [6.45, 7) is 3.59. The van der Waals surface area contributed by atoms with Crippen LogP contribution in [-0.4, -0.2) is 37.7 Å². The van der Waals surface area contributed by atoms with Gasteiger partial charge in [0.2, 0.25) is 0 Å². The molecule has 1 fully saturated rings. The maximum Gasteiger partial charge on any atom is 0.161 e. The molecule has 1 heterocycles. The largest absolute Gasteiger partial charge is 0.497 e. The number of ketones is 1. The number of aliphatic hydroxyl groups is 1. The number of hydrogen-bond acceptors (Lipinski definition) is 4. The highest BCUT2D eigenvalue weighted by Gasteiger charge is 2.22. The van der Waals surface area contributed by atoms with E-state index in [1.807, 2.05) is 18.2 Å². The van der Waals surface area contributed by atoms with Crippen LogP contribution in [0.3, 0.4) is 0 Å². The summed E-state index contributed by atoms with van der Waals surface area (Å²) >= 11 is 0. The third-order valence-electron chi connectivity index (χ3n) is 3.80. The summed E-state index contributed by atoms with van der Waals surface area (Å²) in [4.78, 5) is 13.9. The lowest BCUT2D eigenvalue weighted by molar-refractivity contribution is 0.101. The Morgan fingerprint density at radius 1 is 1.42 bits per heavy atom. The van der Waals surface area contributed by atoms with Gasteiger partial charge < -0.3 is 14.7 Å².